The monoisotopic (exact) mass is 242 g/mol. The largest absolute Gasteiger partial charge is 0.496 e. The van der Waals surface area contributed by atoms with Crippen molar-refractivity contribution in [3.05, 3.63) is 48.2 Å². The van der Waals surface area contributed by atoms with E-state index in [0.717, 1.165) is 22.9 Å². The van der Waals surface area contributed by atoms with Crippen LogP contribution in [-0.2, 0) is 0 Å². The van der Waals surface area contributed by atoms with E-state index in [1.165, 1.54) is 0 Å². The number of benzene rings is 1. The van der Waals surface area contributed by atoms with Crippen LogP contribution in [0.3, 0.4) is 0 Å². The number of rotatable bonds is 2. The normalized spacial score (nSPS) is 17.3. The van der Waals surface area contributed by atoms with Crippen molar-refractivity contribution < 1.29 is 9.47 Å². The van der Waals surface area contributed by atoms with E-state index in [1.54, 1.807) is 13.3 Å². The summed E-state index contributed by atoms with van der Waals surface area (Å²) < 4.78 is 11.3. The highest BCUT2D eigenvalue weighted by Crippen LogP contribution is 2.35. The first kappa shape index (κ1) is 10.9. The Morgan fingerprint density at radius 2 is 2.17 bits per heavy atom. The van der Waals surface area contributed by atoms with Gasteiger partial charge in [0.05, 0.1) is 13.7 Å². The lowest BCUT2D eigenvalue weighted by Gasteiger charge is -2.27. The van der Waals surface area contributed by atoms with Crippen molar-refractivity contribution in [3.8, 4) is 11.5 Å². The Kier molecular flexibility index (Phi) is 2.76. The predicted octanol–water partition coefficient (Wildman–Crippen LogP) is 2.64. The number of hydrogen-bond acceptors (Lipinski definition) is 4. The van der Waals surface area contributed by atoms with E-state index >= 15 is 0 Å². The number of para-hydroxylation sites is 1. The zero-order valence-corrected chi connectivity index (χ0v) is 10.1. The molecule has 2 aromatic rings. The molecule has 1 atom stereocenters. The highest BCUT2D eigenvalue weighted by atomic mass is 16.5. The third-order valence-electron chi connectivity index (χ3n) is 2.98. The predicted molar refractivity (Wildman–Crippen MR) is 69.1 cm³/mol. The molecule has 0 aliphatic carbocycles. The van der Waals surface area contributed by atoms with E-state index in [1.807, 2.05) is 36.4 Å². The number of aromatic nitrogens is 1. The zero-order chi connectivity index (χ0) is 12.4. The molecule has 0 spiro atoms. The number of anilines is 1. The van der Waals surface area contributed by atoms with Crippen molar-refractivity contribution in [2.45, 2.75) is 6.10 Å². The fourth-order valence-electron chi connectivity index (χ4n) is 2.11. The van der Waals surface area contributed by atoms with Crippen molar-refractivity contribution in [1.29, 1.82) is 0 Å². The Bertz CT molecular complexity index is 557. The number of nitrogens with one attached hydrogen (secondary N) is 1. The van der Waals surface area contributed by atoms with Crippen molar-refractivity contribution in [3.63, 3.8) is 0 Å². The molecule has 4 nitrogen and oxygen atoms in total. The van der Waals surface area contributed by atoms with Gasteiger partial charge in [-0.3, -0.25) is 0 Å². The second kappa shape index (κ2) is 4.56. The van der Waals surface area contributed by atoms with E-state index in [4.69, 9.17) is 9.47 Å². The van der Waals surface area contributed by atoms with Gasteiger partial charge in [0.2, 0.25) is 0 Å². The molecule has 0 amide bonds. The molecule has 1 aliphatic heterocycles. The molecule has 0 radical (unpaired) electrons. The van der Waals surface area contributed by atoms with Crippen LogP contribution in [0.25, 0.3) is 0 Å². The first-order chi connectivity index (χ1) is 8.88. The van der Waals surface area contributed by atoms with Gasteiger partial charge in [-0.25, -0.2) is 4.98 Å². The van der Waals surface area contributed by atoms with Gasteiger partial charge in [0.1, 0.15) is 11.9 Å². The summed E-state index contributed by atoms with van der Waals surface area (Å²) in [6, 6.07) is 11.7. The van der Waals surface area contributed by atoms with Gasteiger partial charge in [-0.15, -0.1) is 0 Å². The fraction of sp³-hybridized carbons (Fsp3) is 0.214. The number of nitrogens with zero attached hydrogens (tertiary/aromatic N) is 1. The van der Waals surface area contributed by atoms with Crippen molar-refractivity contribution in [2.75, 3.05) is 19.0 Å². The molecule has 0 saturated carbocycles. The van der Waals surface area contributed by atoms with E-state index < -0.39 is 0 Å². The molecule has 2 heterocycles. The van der Waals surface area contributed by atoms with Gasteiger partial charge < -0.3 is 14.8 Å². The van der Waals surface area contributed by atoms with Gasteiger partial charge >= 0.3 is 0 Å². The molecular weight excluding hydrogens is 228 g/mol. The Morgan fingerprint density at radius 1 is 1.28 bits per heavy atom. The van der Waals surface area contributed by atoms with Gasteiger partial charge in [-0.2, -0.15) is 0 Å². The minimum absolute atomic E-state index is 0.0575. The molecule has 18 heavy (non-hydrogen) atoms. The van der Waals surface area contributed by atoms with Crippen molar-refractivity contribution >= 4 is 5.82 Å². The molecule has 0 fully saturated rings. The SMILES string of the molecule is COc1ccccc1C1CNc2ncccc2O1. The van der Waals surface area contributed by atoms with Gasteiger partial charge in [-0.1, -0.05) is 18.2 Å². The van der Waals surface area contributed by atoms with Gasteiger partial charge in [0.25, 0.3) is 0 Å². The van der Waals surface area contributed by atoms with Crippen LogP contribution in [0.2, 0.25) is 0 Å². The Hall–Kier alpha value is -2.23. The molecule has 4 heteroatoms. The Balaban J connectivity index is 1.92. The number of methoxy groups -OCH3 is 1. The standard InChI is InChI=1S/C14H14N2O2/c1-17-11-6-3-2-5-10(11)13-9-16-14-12(18-13)7-4-8-15-14/h2-8,13H,9H2,1H3,(H,15,16). The first-order valence-corrected chi connectivity index (χ1v) is 5.87. The van der Waals surface area contributed by atoms with Crippen LogP contribution in [0.1, 0.15) is 11.7 Å². The minimum Gasteiger partial charge on any atom is -0.496 e. The summed E-state index contributed by atoms with van der Waals surface area (Å²) in [6.45, 7) is 0.685. The van der Waals surface area contributed by atoms with Crippen LogP contribution in [0.15, 0.2) is 42.6 Å². The lowest BCUT2D eigenvalue weighted by Crippen LogP contribution is -2.24. The smallest absolute Gasteiger partial charge is 0.168 e. The second-order valence-corrected chi connectivity index (χ2v) is 4.08. The Morgan fingerprint density at radius 3 is 3.06 bits per heavy atom. The van der Waals surface area contributed by atoms with Crippen LogP contribution >= 0.6 is 0 Å². The summed E-state index contributed by atoms with van der Waals surface area (Å²) in [5.74, 6) is 2.42. The maximum absolute atomic E-state index is 5.96. The van der Waals surface area contributed by atoms with Gasteiger partial charge in [0, 0.05) is 11.8 Å². The third kappa shape index (κ3) is 1.86. The molecule has 1 N–H and O–H groups in total. The Labute approximate surface area is 106 Å². The second-order valence-electron chi connectivity index (χ2n) is 4.08. The summed E-state index contributed by atoms with van der Waals surface area (Å²) >= 11 is 0. The molecule has 0 bridgehead atoms. The zero-order valence-electron chi connectivity index (χ0n) is 10.1. The first-order valence-electron chi connectivity index (χ1n) is 5.87. The summed E-state index contributed by atoms with van der Waals surface area (Å²) in [5, 5.41) is 3.27. The molecule has 1 aromatic carbocycles. The van der Waals surface area contributed by atoms with Crippen LogP contribution in [0, 0.1) is 0 Å². The van der Waals surface area contributed by atoms with Crippen LogP contribution in [0.4, 0.5) is 5.82 Å². The molecule has 92 valence electrons. The number of pyridine rings is 1. The van der Waals surface area contributed by atoms with Gasteiger partial charge in [-0.05, 0) is 18.2 Å². The van der Waals surface area contributed by atoms with Crippen LogP contribution in [-0.4, -0.2) is 18.6 Å². The van der Waals surface area contributed by atoms with Crippen molar-refractivity contribution in [2.24, 2.45) is 0 Å². The van der Waals surface area contributed by atoms with E-state index in [-0.39, 0.29) is 6.10 Å². The van der Waals surface area contributed by atoms with Crippen LogP contribution < -0.4 is 14.8 Å². The number of ether oxygens (including phenoxy) is 2. The number of hydrogen-bond donors (Lipinski definition) is 1. The van der Waals surface area contributed by atoms with E-state index in [0.29, 0.717) is 6.54 Å². The molecule has 3 rings (SSSR count). The maximum atomic E-state index is 5.96. The fourth-order valence-corrected chi connectivity index (χ4v) is 2.11. The summed E-state index contributed by atoms with van der Waals surface area (Å²) in [7, 11) is 1.67. The van der Waals surface area contributed by atoms with E-state index in [9.17, 15) is 0 Å². The minimum atomic E-state index is -0.0575. The van der Waals surface area contributed by atoms with Gasteiger partial charge in [0.15, 0.2) is 11.6 Å². The average Bonchev–Trinajstić information content (AvgIpc) is 2.46. The molecule has 0 saturated heterocycles. The summed E-state index contributed by atoms with van der Waals surface area (Å²) in [6.07, 6.45) is 1.69. The topological polar surface area (TPSA) is 43.4 Å². The highest BCUT2D eigenvalue weighted by Gasteiger charge is 2.23. The maximum Gasteiger partial charge on any atom is 0.168 e. The molecule has 1 aliphatic rings. The lowest BCUT2D eigenvalue weighted by atomic mass is 10.1. The van der Waals surface area contributed by atoms with Crippen molar-refractivity contribution in [1.82, 2.24) is 4.98 Å². The average molecular weight is 242 g/mol. The van der Waals surface area contributed by atoms with E-state index in [2.05, 4.69) is 10.3 Å². The lowest BCUT2D eigenvalue weighted by molar-refractivity contribution is 0.204. The third-order valence-corrected chi connectivity index (χ3v) is 2.98. The summed E-state index contributed by atoms with van der Waals surface area (Å²) in [5.41, 5.74) is 1.04. The quantitative estimate of drug-likeness (QED) is 0.879. The van der Waals surface area contributed by atoms with Crippen LogP contribution in [0.5, 0.6) is 11.5 Å². The summed E-state index contributed by atoms with van der Waals surface area (Å²) in [4.78, 5) is 4.22. The molecule has 1 aromatic heterocycles. The highest BCUT2D eigenvalue weighted by molar-refractivity contribution is 5.52. The molecular formula is C14H14N2O2. The number of fused-ring (bicyclic) bond motifs is 1. The molecule has 1 unspecified atom stereocenters.